The van der Waals surface area contributed by atoms with Crippen LogP contribution in [0.4, 0.5) is 5.69 Å². The number of piperidine rings is 1. The average Bonchev–Trinajstić information content (AvgIpc) is 2.70. The fourth-order valence-electron chi connectivity index (χ4n) is 3.90. The number of aryl methyl sites for hydroxylation is 2. The summed E-state index contributed by atoms with van der Waals surface area (Å²) in [6.45, 7) is 12.7. The van der Waals surface area contributed by atoms with Crippen LogP contribution in [0.25, 0.3) is 0 Å². The molecule has 4 nitrogen and oxygen atoms in total. The summed E-state index contributed by atoms with van der Waals surface area (Å²) in [7, 11) is 0. The maximum absolute atomic E-state index is 12.4. The summed E-state index contributed by atoms with van der Waals surface area (Å²) < 4.78 is 5.79. The molecule has 2 aromatic rings. The van der Waals surface area contributed by atoms with Gasteiger partial charge in [-0.05, 0) is 86.9 Å². The zero-order valence-corrected chi connectivity index (χ0v) is 18.4. The molecular weight excluding hydrogens is 360 g/mol. The molecule has 1 aliphatic rings. The van der Waals surface area contributed by atoms with Crippen molar-refractivity contribution in [2.24, 2.45) is 5.92 Å². The Kier molecular flexibility index (Phi) is 6.83. The van der Waals surface area contributed by atoms with Crippen molar-refractivity contribution in [2.45, 2.75) is 53.5 Å². The van der Waals surface area contributed by atoms with Crippen molar-refractivity contribution in [3.8, 4) is 5.75 Å². The van der Waals surface area contributed by atoms with Gasteiger partial charge in [-0.25, -0.2) is 0 Å². The molecule has 2 aromatic carbocycles. The smallest absolute Gasteiger partial charge is 0.258 e. The molecule has 4 heteroatoms. The Morgan fingerprint density at radius 1 is 1.14 bits per heavy atom. The third kappa shape index (κ3) is 5.53. The highest BCUT2D eigenvalue weighted by atomic mass is 16.5. The van der Waals surface area contributed by atoms with E-state index in [1.54, 1.807) is 0 Å². The van der Waals surface area contributed by atoms with Gasteiger partial charge in [0.2, 0.25) is 0 Å². The lowest BCUT2D eigenvalue weighted by Gasteiger charge is -2.32. The van der Waals surface area contributed by atoms with Gasteiger partial charge < -0.3 is 15.0 Å². The Balaban J connectivity index is 1.53. The second-order valence-electron chi connectivity index (χ2n) is 8.54. The lowest BCUT2D eigenvalue weighted by atomic mass is 9.98. The SMILES string of the molecule is Cc1cc(C)c(C)c(OCC(=O)NC(C)c2ccc(N3CCC(C)CC3)cc2)c1. The molecule has 156 valence electrons. The Morgan fingerprint density at radius 3 is 2.45 bits per heavy atom. The van der Waals surface area contributed by atoms with Gasteiger partial charge in [-0.2, -0.15) is 0 Å². The van der Waals surface area contributed by atoms with Crippen molar-refractivity contribution >= 4 is 11.6 Å². The van der Waals surface area contributed by atoms with Gasteiger partial charge in [0.15, 0.2) is 6.61 Å². The number of rotatable bonds is 6. The molecule has 0 aromatic heterocycles. The number of hydrogen-bond donors (Lipinski definition) is 1. The highest BCUT2D eigenvalue weighted by molar-refractivity contribution is 5.78. The summed E-state index contributed by atoms with van der Waals surface area (Å²) >= 11 is 0. The van der Waals surface area contributed by atoms with Gasteiger partial charge in [-0.1, -0.05) is 25.1 Å². The normalized spacial score (nSPS) is 15.8. The minimum absolute atomic E-state index is 0.0259. The van der Waals surface area contributed by atoms with E-state index in [9.17, 15) is 4.79 Å². The lowest BCUT2D eigenvalue weighted by molar-refractivity contribution is -0.123. The summed E-state index contributed by atoms with van der Waals surface area (Å²) in [6, 6.07) is 12.6. The third-order valence-corrected chi connectivity index (χ3v) is 6.04. The van der Waals surface area contributed by atoms with E-state index in [1.807, 2.05) is 26.8 Å². The predicted octanol–water partition coefficient (Wildman–Crippen LogP) is 5.10. The van der Waals surface area contributed by atoms with Crippen molar-refractivity contribution in [1.82, 2.24) is 5.32 Å². The zero-order valence-electron chi connectivity index (χ0n) is 18.4. The maximum atomic E-state index is 12.4. The number of nitrogens with zero attached hydrogens (tertiary/aromatic N) is 1. The third-order valence-electron chi connectivity index (χ3n) is 6.04. The van der Waals surface area contributed by atoms with E-state index in [-0.39, 0.29) is 18.6 Å². The van der Waals surface area contributed by atoms with Gasteiger partial charge in [-0.3, -0.25) is 4.79 Å². The Morgan fingerprint density at radius 2 is 1.79 bits per heavy atom. The van der Waals surface area contributed by atoms with E-state index in [4.69, 9.17) is 4.74 Å². The van der Waals surface area contributed by atoms with Crippen LogP contribution in [-0.4, -0.2) is 25.6 Å². The number of anilines is 1. The Bertz CT molecular complexity index is 837. The Hall–Kier alpha value is -2.49. The quantitative estimate of drug-likeness (QED) is 0.741. The molecular formula is C25H34N2O2. The largest absolute Gasteiger partial charge is 0.483 e. The fourth-order valence-corrected chi connectivity index (χ4v) is 3.90. The molecule has 1 N–H and O–H groups in total. The summed E-state index contributed by atoms with van der Waals surface area (Å²) in [4.78, 5) is 14.8. The van der Waals surface area contributed by atoms with Gasteiger partial charge in [-0.15, -0.1) is 0 Å². The van der Waals surface area contributed by atoms with Gasteiger partial charge in [0.1, 0.15) is 5.75 Å². The van der Waals surface area contributed by atoms with Crippen molar-refractivity contribution in [3.05, 3.63) is 58.7 Å². The molecule has 1 unspecified atom stereocenters. The minimum Gasteiger partial charge on any atom is -0.483 e. The molecule has 0 radical (unpaired) electrons. The number of carbonyl (C=O) groups is 1. The highest BCUT2D eigenvalue weighted by Gasteiger charge is 2.17. The molecule has 0 saturated carbocycles. The van der Waals surface area contributed by atoms with E-state index in [2.05, 4.69) is 54.4 Å². The number of benzene rings is 2. The number of amides is 1. The summed E-state index contributed by atoms with van der Waals surface area (Å²) in [5.41, 5.74) is 5.78. The van der Waals surface area contributed by atoms with Crippen molar-refractivity contribution in [3.63, 3.8) is 0 Å². The summed E-state index contributed by atoms with van der Waals surface area (Å²) in [5, 5.41) is 3.04. The van der Waals surface area contributed by atoms with Crippen molar-refractivity contribution in [2.75, 3.05) is 24.6 Å². The van der Waals surface area contributed by atoms with Gasteiger partial charge in [0.25, 0.3) is 5.91 Å². The highest BCUT2D eigenvalue weighted by Crippen LogP contribution is 2.25. The van der Waals surface area contributed by atoms with Crippen LogP contribution < -0.4 is 15.0 Å². The fraction of sp³-hybridized carbons (Fsp3) is 0.480. The second-order valence-corrected chi connectivity index (χ2v) is 8.54. The van der Waals surface area contributed by atoms with E-state index < -0.39 is 0 Å². The van der Waals surface area contributed by atoms with Crippen LogP contribution in [0.15, 0.2) is 36.4 Å². The van der Waals surface area contributed by atoms with Crippen LogP contribution in [0, 0.1) is 26.7 Å². The number of carbonyl (C=O) groups excluding carboxylic acids is 1. The van der Waals surface area contributed by atoms with Crippen LogP contribution in [0.1, 0.15) is 55.0 Å². The first-order chi connectivity index (χ1) is 13.8. The molecule has 0 aliphatic carbocycles. The first-order valence-corrected chi connectivity index (χ1v) is 10.7. The van der Waals surface area contributed by atoms with Gasteiger partial charge in [0, 0.05) is 18.8 Å². The first kappa shape index (κ1) is 21.2. The van der Waals surface area contributed by atoms with Crippen molar-refractivity contribution < 1.29 is 9.53 Å². The minimum atomic E-state index is -0.106. The van der Waals surface area contributed by atoms with Crippen LogP contribution >= 0.6 is 0 Å². The second kappa shape index (κ2) is 9.34. The average molecular weight is 395 g/mol. The zero-order chi connectivity index (χ0) is 21.0. The molecule has 1 atom stereocenters. The van der Waals surface area contributed by atoms with E-state index in [0.29, 0.717) is 0 Å². The number of hydrogen-bond acceptors (Lipinski definition) is 3. The number of nitrogens with one attached hydrogen (secondary N) is 1. The van der Waals surface area contributed by atoms with Crippen LogP contribution in [0.2, 0.25) is 0 Å². The van der Waals surface area contributed by atoms with Gasteiger partial charge >= 0.3 is 0 Å². The lowest BCUT2D eigenvalue weighted by Crippen LogP contribution is -2.33. The molecule has 1 amide bonds. The molecule has 1 heterocycles. The molecule has 3 rings (SSSR count). The van der Waals surface area contributed by atoms with E-state index in [0.717, 1.165) is 41.4 Å². The molecule has 1 saturated heterocycles. The summed E-state index contributed by atoms with van der Waals surface area (Å²) in [5.74, 6) is 1.51. The maximum Gasteiger partial charge on any atom is 0.258 e. The monoisotopic (exact) mass is 394 g/mol. The van der Waals surface area contributed by atoms with E-state index in [1.165, 1.54) is 24.1 Å². The topological polar surface area (TPSA) is 41.6 Å². The summed E-state index contributed by atoms with van der Waals surface area (Å²) in [6.07, 6.45) is 2.52. The molecule has 0 spiro atoms. The van der Waals surface area contributed by atoms with Crippen molar-refractivity contribution in [1.29, 1.82) is 0 Å². The molecule has 0 bridgehead atoms. The number of ether oxygens (including phenoxy) is 1. The predicted molar refractivity (Wildman–Crippen MR) is 120 cm³/mol. The van der Waals surface area contributed by atoms with Crippen LogP contribution in [0.5, 0.6) is 5.75 Å². The standard InChI is InChI=1S/C25H34N2O2/c1-17-10-12-27(13-11-17)23-8-6-22(7-9-23)21(5)26-25(28)16-29-24-15-18(2)14-19(3)20(24)4/h6-9,14-15,17,21H,10-13,16H2,1-5H3,(H,26,28). The molecule has 29 heavy (non-hydrogen) atoms. The van der Waals surface area contributed by atoms with E-state index >= 15 is 0 Å². The van der Waals surface area contributed by atoms with Gasteiger partial charge in [0.05, 0.1) is 6.04 Å². The Labute approximate surface area is 175 Å². The molecule has 1 aliphatic heterocycles. The van der Waals surface area contributed by atoms with Crippen LogP contribution in [0.3, 0.4) is 0 Å². The molecule has 1 fully saturated rings. The first-order valence-electron chi connectivity index (χ1n) is 10.7. The van der Waals surface area contributed by atoms with Crippen LogP contribution in [-0.2, 0) is 4.79 Å².